The van der Waals surface area contributed by atoms with Gasteiger partial charge in [-0.3, -0.25) is 14.4 Å². The zero-order valence-corrected chi connectivity index (χ0v) is 23.3. The number of para-hydroxylation sites is 1. The molecule has 1 aliphatic heterocycles. The van der Waals surface area contributed by atoms with Gasteiger partial charge >= 0.3 is 0 Å². The van der Waals surface area contributed by atoms with E-state index < -0.39 is 0 Å². The molecule has 1 fully saturated rings. The lowest BCUT2D eigenvalue weighted by Gasteiger charge is -2.35. The Balaban J connectivity index is 1.40. The maximum Gasteiger partial charge on any atom is 0.256 e. The van der Waals surface area contributed by atoms with Crippen LogP contribution in [0.15, 0.2) is 36.8 Å². The fraction of sp³-hybridized carbons (Fsp3) is 0.429. The van der Waals surface area contributed by atoms with Crippen LogP contribution in [0.5, 0.6) is 5.88 Å². The molecule has 11 nitrogen and oxygen atoms in total. The van der Waals surface area contributed by atoms with Crippen LogP contribution in [-0.4, -0.2) is 86.3 Å². The Labute approximate surface area is 228 Å². The summed E-state index contributed by atoms with van der Waals surface area (Å²) in [7, 11) is 2.11. The Kier molecular flexibility index (Phi) is 7.80. The molecule has 39 heavy (non-hydrogen) atoms. The minimum atomic E-state index is -0.209. The number of nitrogens with zero attached hydrogens (tertiary/aromatic N) is 6. The first kappa shape index (κ1) is 26.6. The molecule has 0 aliphatic carbocycles. The van der Waals surface area contributed by atoms with Crippen LogP contribution in [0, 0.1) is 6.92 Å². The Morgan fingerprint density at radius 1 is 1.18 bits per heavy atom. The third kappa shape index (κ3) is 5.59. The van der Waals surface area contributed by atoms with Crippen molar-refractivity contribution in [3.05, 3.63) is 42.4 Å². The zero-order chi connectivity index (χ0) is 27.5. The Hall–Kier alpha value is -3.96. The summed E-state index contributed by atoms with van der Waals surface area (Å²) in [4.78, 5) is 30.4. The summed E-state index contributed by atoms with van der Waals surface area (Å²) in [5.41, 5.74) is 5.00. The molecule has 3 aromatic heterocycles. The lowest BCUT2D eigenvalue weighted by atomic mass is 10.1. The molecule has 5 rings (SSSR count). The van der Waals surface area contributed by atoms with E-state index in [1.165, 1.54) is 0 Å². The minimum Gasteiger partial charge on any atom is -0.475 e. The number of piperazine rings is 1. The molecule has 0 bridgehead atoms. The van der Waals surface area contributed by atoms with Crippen molar-refractivity contribution < 1.29 is 9.53 Å². The largest absolute Gasteiger partial charge is 0.475 e. The molecule has 3 N–H and O–H groups in total. The number of carbonyl (C=O) groups is 1. The number of amides is 1. The average Bonchev–Trinajstić information content (AvgIpc) is 3.54. The van der Waals surface area contributed by atoms with E-state index >= 15 is 0 Å². The summed E-state index contributed by atoms with van der Waals surface area (Å²) in [5.74, 6) is 0.959. The van der Waals surface area contributed by atoms with Gasteiger partial charge in [0.05, 0.1) is 35.7 Å². The number of aryl methyl sites for hydroxylation is 2. The number of H-pyrrole nitrogens is 1. The van der Waals surface area contributed by atoms with E-state index in [1.807, 2.05) is 63.0 Å². The van der Waals surface area contributed by atoms with Crippen LogP contribution in [0.1, 0.15) is 26.3 Å². The van der Waals surface area contributed by atoms with E-state index in [0.29, 0.717) is 24.1 Å². The summed E-state index contributed by atoms with van der Waals surface area (Å²) in [6.45, 7) is 12.9. The predicted molar refractivity (Wildman–Crippen MR) is 154 cm³/mol. The van der Waals surface area contributed by atoms with Crippen molar-refractivity contribution in [2.24, 2.45) is 0 Å². The van der Waals surface area contributed by atoms with Crippen LogP contribution in [0.2, 0.25) is 0 Å². The summed E-state index contributed by atoms with van der Waals surface area (Å²) in [6.07, 6.45) is 5.62. The molecule has 1 aromatic carbocycles. The molecular formula is C28H37N9O2. The van der Waals surface area contributed by atoms with Gasteiger partial charge in [0.1, 0.15) is 5.69 Å². The van der Waals surface area contributed by atoms with Crippen LogP contribution in [0.25, 0.3) is 22.2 Å². The van der Waals surface area contributed by atoms with Crippen molar-refractivity contribution in [3.8, 4) is 17.1 Å². The molecule has 0 unspecified atom stereocenters. The SMILES string of the molecule is CCOc1nn(CC)cc1Nc1ncc(C)c(-c2c[nH]c3c(NC(=O)[C@@H](C)N4CCN(C)CC4)cccc23)n1. The monoisotopic (exact) mass is 531 g/mol. The fourth-order valence-electron chi connectivity index (χ4n) is 4.86. The number of rotatable bonds is 9. The van der Waals surface area contributed by atoms with Gasteiger partial charge < -0.3 is 25.3 Å². The van der Waals surface area contributed by atoms with Crippen molar-refractivity contribution in [3.63, 3.8) is 0 Å². The van der Waals surface area contributed by atoms with Gasteiger partial charge in [-0.2, -0.15) is 0 Å². The van der Waals surface area contributed by atoms with E-state index in [9.17, 15) is 4.79 Å². The number of hydrogen-bond donors (Lipinski definition) is 3. The minimum absolute atomic E-state index is 0.00867. The first-order valence-electron chi connectivity index (χ1n) is 13.5. The molecule has 1 saturated heterocycles. The number of anilines is 3. The van der Waals surface area contributed by atoms with Crippen molar-refractivity contribution in [2.45, 2.75) is 40.3 Å². The Morgan fingerprint density at radius 3 is 2.72 bits per heavy atom. The highest BCUT2D eigenvalue weighted by molar-refractivity contribution is 6.06. The fourth-order valence-corrected chi connectivity index (χ4v) is 4.86. The molecule has 1 atom stereocenters. The number of ether oxygens (including phenoxy) is 1. The second-order valence-corrected chi connectivity index (χ2v) is 9.92. The van der Waals surface area contributed by atoms with Crippen molar-refractivity contribution in [1.82, 2.24) is 34.5 Å². The first-order valence-corrected chi connectivity index (χ1v) is 13.5. The maximum absolute atomic E-state index is 13.2. The number of nitrogens with one attached hydrogen (secondary N) is 3. The zero-order valence-electron chi connectivity index (χ0n) is 23.3. The number of hydrogen-bond acceptors (Lipinski definition) is 8. The van der Waals surface area contributed by atoms with Crippen molar-refractivity contribution in [2.75, 3.05) is 50.5 Å². The van der Waals surface area contributed by atoms with Crippen molar-refractivity contribution in [1.29, 1.82) is 0 Å². The van der Waals surface area contributed by atoms with Gasteiger partial charge in [-0.25, -0.2) is 9.97 Å². The molecule has 0 radical (unpaired) electrons. The second-order valence-electron chi connectivity index (χ2n) is 9.92. The van der Waals surface area contributed by atoms with E-state index in [4.69, 9.17) is 9.72 Å². The van der Waals surface area contributed by atoms with Gasteiger partial charge in [-0.15, -0.1) is 5.10 Å². The summed E-state index contributed by atoms with van der Waals surface area (Å²) < 4.78 is 7.49. The quantitative estimate of drug-likeness (QED) is 0.298. The van der Waals surface area contributed by atoms with Crippen LogP contribution in [0.4, 0.5) is 17.3 Å². The van der Waals surface area contributed by atoms with E-state index in [2.05, 4.69) is 42.5 Å². The van der Waals surface area contributed by atoms with E-state index in [1.54, 1.807) is 6.20 Å². The summed E-state index contributed by atoms with van der Waals surface area (Å²) in [6, 6.07) is 5.71. The van der Waals surface area contributed by atoms with Gasteiger partial charge in [0.15, 0.2) is 0 Å². The number of aromatic amines is 1. The normalized spacial score (nSPS) is 15.4. The molecular weight excluding hydrogens is 494 g/mol. The number of aromatic nitrogens is 5. The number of fused-ring (bicyclic) bond motifs is 1. The Bertz CT molecular complexity index is 1450. The highest BCUT2D eigenvalue weighted by Gasteiger charge is 2.25. The lowest BCUT2D eigenvalue weighted by molar-refractivity contribution is -0.121. The van der Waals surface area contributed by atoms with Crippen molar-refractivity contribution >= 4 is 34.1 Å². The molecule has 0 saturated carbocycles. The number of benzene rings is 1. The third-order valence-corrected chi connectivity index (χ3v) is 7.24. The molecule has 4 heterocycles. The van der Waals surface area contributed by atoms with Gasteiger partial charge in [-0.1, -0.05) is 12.1 Å². The van der Waals surface area contributed by atoms with Crippen LogP contribution in [0.3, 0.4) is 0 Å². The summed E-state index contributed by atoms with van der Waals surface area (Å²) in [5, 5.41) is 11.8. The molecule has 4 aromatic rings. The third-order valence-electron chi connectivity index (χ3n) is 7.24. The molecule has 11 heteroatoms. The molecule has 206 valence electrons. The first-order chi connectivity index (χ1) is 18.9. The molecule has 1 amide bonds. The van der Waals surface area contributed by atoms with Gasteiger partial charge in [0, 0.05) is 56.1 Å². The smallest absolute Gasteiger partial charge is 0.256 e. The highest BCUT2D eigenvalue weighted by atomic mass is 16.5. The number of likely N-dealkylation sites (N-methyl/N-ethyl adjacent to an activating group) is 1. The molecule has 0 spiro atoms. The summed E-state index contributed by atoms with van der Waals surface area (Å²) >= 11 is 0. The second kappa shape index (κ2) is 11.4. The van der Waals surface area contributed by atoms with E-state index in [-0.39, 0.29) is 11.9 Å². The van der Waals surface area contributed by atoms with Gasteiger partial charge in [0.25, 0.3) is 5.88 Å². The van der Waals surface area contributed by atoms with Crippen LogP contribution >= 0.6 is 0 Å². The average molecular weight is 532 g/mol. The standard InChI is InChI=1S/C28H37N9O2/c1-6-37-17-23(27(34-37)39-7-2)32-28-30-15-18(3)24(33-28)21-16-29-25-20(21)9-8-10-22(25)31-26(38)19(4)36-13-11-35(5)12-14-36/h8-10,15-17,19,29H,6-7,11-14H2,1-5H3,(H,31,38)(H,30,32,33)/t19-/m1/s1. The van der Waals surface area contributed by atoms with Gasteiger partial charge in [0.2, 0.25) is 11.9 Å². The maximum atomic E-state index is 13.2. The van der Waals surface area contributed by atoms with E-state index in [0.717, 1.165) is 66.1 Å². The highest BCUT2D eigenvalue weighted by Crippen LogP contribution is 2.34. The topological polar surface area (TPSA) is 116 Å². The Morgan fingerprint density at radius 2 is 1.97 bits per heavy atom. The van der Waals surface area contributed by atoms with Crippen LogP contribution in [-0.2, 0) is 11.3 Å². The lowest BCUT2D eigenvalue weighted by Crippen LogP contribution is -2.51. The van der Waals surface area contributed by atoms with Gasteiger partial charge in [-0.05, 0) is 46.4 Å². The van der Waals surface area contributed by atoms with Crippen LogP contribution < -0.4 is 15.4 Å². The molecule has 1 aliphatic rings. The predicted octanol–water partition coefficient (Wildman–Crippen LogP) is 3.87. The number of carbonyl (C=O) groups excluding carboxylic acids is 1.